The summed E-state index contributed by atoms with van der Waals surface area (Å²) >= 11 is 0. The molecule has 1 heterocycles. The zero-order valence-corrected chi connectivity index (χ0v) is 15.0. The van der Waals surface area contributed by atoms with Gasteiger partial charge in [-0.25, -0.2) is 4.39 Å². The summed E-state index contributed by atoms with van der Waals surface area (Å²) in [6, 6.07) is 10.2. The third-order valence-corrected chi connectivity index (χ3v) is 4.61. The van der Waals surface area contributed by atoms with Crippen LogP contribution in [0, 0.1) is 5.82 Å². The van der Waals surface area contributed by atoms with Crippen LogP contribution in [0.25, 0.3) is 0 Å². The molecule has 5 heteroatoms. The molecule has 0 aliphatic heterocycles. The first-order valence-electron chi connectivity index (χ1n) is 8.64. The van der Waals surface area contributed by atoms with E-state index in [-0.39, 0.29) is 18.2 Å². The van der Waals surface area contributed by atoms with E-state index in [2.05, 4.69) is 0 Å². The number of hydrogen-bond acceptors (Lipinski definition) is 3. The molecule has 3 N–H and O–H groups in total. The molecule has 0 spiro atoms. The first kappa shape index (κ1) is 19.3. The van der Waals surface area contributed by atoms with E-state index in [1.807, 2.05) is 30.7 Å². The molecule has 0 amide bonds. The number of rotatable bonds is 9. The van der Waals surface area contributed by atoms with Gasteiger partial charge in [0.05, 0.1) is 12.3 Å². The van der Waals surface area contributed by atoms with Gasteiger partial charge >= 0.3 is 0 Å². The van der Waals surface area contributed by atoms with E-state index in [4.69, 9.17) is 5.73 Å². The van der Waals surface area contributed by atoms with Crippen molar-refractivity contribution in [2.45, 2.75) is 44.6 Å². The Morgan fingerprint density at radius 2 is 1.88 bits per heavy atom. The van der Waals surface area contributed by atoms with E-state index in [0.717, 1.165) is 24.1 Å². The SMILES string of the molecule is Cn1c(CCC(C)(N)CO)ccc1C(=O)CCCc1ccc(F)cc1. The van der Waals surface area contributed by atoms with Gasteiger partial charge in [-0.15, -0.1) is 0 Å². The Morgan fingerprint density at radius 3 is 2.52 bits per heavy atom. The van der Waals surface area contributed by atoms with Crippen molar-refractivity contribution in [3.63, 3.8) is 0 Å². The van der Waals surface area contributed by atoms with Crippen molar-refractivity contribution in [3.8, 4) is 0 Å². The minimum Gasteiger partial charge on any atom is -0.394 e. The Bertz CT molecular complexity index is 705. The Kier molecular flexibility index (Phi) is 6.51. The molecule has 0 bridgehead atoms. The minimum absolute atomic E-state index is 0.0629. The zero-order valence-electron chi connectivity index (χ0n) is 15.0. The standard InChI is InChI=1S/C20H27FN2O2/c1-20(22,14-24)13-12-17-10-11-18(23(17)2)19(25)5-3-4-15-6-8-16(21)9-7-15/h6-11,24H,3-5,12-14,22H2,1-2H3. The summed E-state index contributed by atoms with van der Waals surface area (Å²) in [6.45, 7) is 1.75. The van der Waals surface area contributed by atoms with Crippen molar-refractivity contribution in [1.29, 1.82) is 0 Å². The molecule has 0 fully saturated rings. The highest BCUT2D eigenvalue weighted by Gasteiger charge is 2.19. The van der Waals surface area contributed by atoms with Crippen LogP contribution in [0.1, 0.15) is 47.9 Å². The Hall–Kier alpha value is -1.98. The van der Waals surface area contributed by atoms with Gasteiger partial charge < -0.3 is 15.4 Å². The first-order chi connectivity index (χ1) is 11.8. The molecule has 0 aliphatic carbocycles. The number of carbonyl (C=O) groups is 1. The second-order valence-electron chi connectivity index (χ2n) is 6.98. The summed E-state index contributed by atoms with van der Waals surface area (Å²) in [5.74, 6) is -0.139. The second kappa shape index (κ2) is 8.41. The molecule has 4 nitrogen and oxygen atoms in total. The van der Waals surface area contributed by atoms with Crippen molar-refractivity contribution in [1.82, 2.24) is 4.57 Å². The maximum Gasteiger partial charge on any atom is 0.179 e. The lowest BCUT2D eigenvalue weighted by atomic mass is 9.97. The lowest BCUT2D eigenvalue weighted by Gasteiger charge is -2.21. The van der Waals surface area contributed by atoms with Gasteiger partial charge in [-0.2, -0.15) is 0 Å². The zero-order chi connectivity index (χ0) is 18.4. The van der Waals surface area contributed by atoms with E-state index in [9.17, 15) is 14.3 Å². The molecule has 0 saturated carbocycles. The van der Waals surface area contributed by atoms with Gasteiger partial charge in [-0.3, -0.25) is 4.79 Å². The summed E-state index contributed by atoms with van der Waals surface area (Å²) in [5, 5.41) is 9.23. The quantitative estimate of drug-likeness (QED) is 0.686. The van der Waals surface area contributed by atoms with E-state index in [1.165, 1.54) is 12.1 Å². The predicted molar refractivity (Wildman–Crippen MR) is 97.1 cm³/mol. The van der Waals surface area contributed by atoms with Crippen LogP contribution in [-0.2, 0) is 19.9 Å². The van der Waals surface area contributed by atoms with Gasteiger partial charge in [0.1, 0.15) is 5.82 Å². The molecule has 1 atom stereocenters. The highest BCUT2D eigenvalue weighted by Crippen LogP contribution is 2.16. The number of halogens is 1. The van der Waals surface area contributed by atoms with Gasteiger partial charge in [0.2, 0.25) is 0 Å². The van der Waals surface area contributed by atoms with Crippen molar-refractivity contribution < 1.29 is 14.3 Å². The number of Topliss-reactive ketones (excluding diaryl/α,β-unsaturated/α-hetero) is 1. The monoisotopic (exact) mass is 346 g/mol. The maximum absolute atomic E-state index is 12.9. The number of nitrogens with zero attached hydrogens (tertiary/aromatic N) is 1. The molecule has 2 aromatic rings. The number of benzene rings is 1. The number of aromatic nitrogens is 1. The third kappa shape index (κ3) is 5.51. The first-order valence-corrected chi connectivity index (χ1v) is 8.64. The van der Waals surface area contributed by atoms with Gasteiger partial charge in [0.15, 0.2) is 5.78 Å². The van der Waals surface area contributed by atoms with Gasteiger partial charge in [0, 0.05) is 24.7 Å². The predicted octanol–water partition coefficient (Wildman–Crippen LogP) is 3.01. The number of aliphatic hydroxyl groups is 1. The molecule has 0 aliphatic rings. The summed E-state index contributed by atoms with van der Waals surface area (Å²) in [6.07, 6.45) is 3.31. The van der Waals surface area contributed by atoms with Crippen LogP contribution in [0.15, 0.2) is 36.4 Å². The van der Waals surface area contributed by atoms with E-state index in [1.54, 1.807) is 12.1 Å². The lowest BCUT2D eigenvalue weighted by molar-refractivity contribution is 0.0972. The summed E-state index contributed by atoms with van der Waals surface area (Å²) in [5.41, 5.74) is 8.11. The van der Waals surface area contributed by atoms with E-state index >= 15 is 0 Å². The molecule has 1 aromatic carbocycles. The fraction of sp³-hybridized carbons (Fsp3) is 0.450. The summed E-state index contributed by atoms with van der Waals surface area (Å²) in [7, 11) is 1.88. The topological polar surface area (TPSA) is 68.2 Å². The van der Waals surface area contributed by atoms with Crippen LogP contribution in [0.2, 0.25) is 0 Å². The molecule has 0 radical (unpaired) electrons. The van der Waals surface area contributed by atoms with Crippen LogP contribution in [0.3, 0.4) is 0 Å². The molecule has 2 rings (SSSR count). The molecular weight excluding hydrogens is 319 g/mol. The molecule has 25 heavy (non-hydrogen) atoms. The number of hydrogen-bond donors (Lipinski definition) is 2. The average Bonchev–Trinajstić information content (AvgIpc) is 2.96. The lowest BCUT2D eigenvalue weighted by Crippen LogP contribution is -2.40. The highest BCUT2D eigenvalue weighted by molar-refractivity contribution is 5.94. The number of nitrogens with two attached hydrogens (primary N) is 1. The second-order valence-corrected chi connectivity index (χ2v) is 6.98. The largest absolute Gasteiger partial charge is 0.394 e. The smallest absolute Gasteiger partial charge is 0.179 e. The number of aliphatic hydroxyl groups excluding tert-OH is 1. The fourth-order valence-corrected chi connectivity index (χ4v) is 2.81. The normalized spacial score (nSPS) is 13.6. The average molecular weight is 346 g/mol. The van der Waals surface area contributed by atoms with Crippen molar-refractivity contribution >= 4 is 5.78 Å². The Morgan fingerprint density at radius 1 is 1.20 bits per heavy atom. The van der Waals surface area contributed by atoms with E-state index < -0.39 is 5.54 Å². The number of aryl methyl sites for hydroxylation is 2. The number of carbonyl (C=O) groups excluding carboxylic acids is 1. The Balaban J connectivity index is 1.88. The Labute approximate surface area is 148 Å². The summed E-state index contributed by atoms with van der Waals surface area (Å²) < 4.78 is 14.8. The van der Waals surface area contributed by atoms with Crippen LogP contribution >= 0.6 is 0 Å². The molecule has 1 unspecified atom stereocenters. The highest BCUT2D eigenvalue weighted by atomic mass is 19.1. The van der Waals surface area contributed by atoms with Crippen molar-refractivity contribution in [2.24, 2.45) is 12.8 Å². The minimum atomic E-state index is -0.608. The van der Waals surface area contributed by atoms with E-state index in [0.29, 0.717) is 25.0 Å². The molecule has 136 valence electrons. The van der Waals surface area contributed by atoms with Crippen LogP contribution < -0.4 is 5.73 Å². The molecule has 0 saturated heterocycles. The van der Waals surface area contributed by atoms with Crippen molar-refractivity contribution in [3.05, 3.63) is 59.2 Å². The van der Waals surface area contributed by atoms with Crippen molar-refractivity contribution in [2.75, 3.05) is 6.61 Å². The summed E-state index contributed by atoms with van der Waals surface area (Å²) in [4.78, 5) is 12.4. The maximum atomic E-state index is 12.9. The van der Waals surface area contributed by atoms with Gasteiger partial charge in [-0.05, 0) is 62.4 Å². The number of ketones is 1. The fourth-order valence-electron chi connectivity index (χ4n) is 2.81. The molecule has 1 aromatic heterocycles. The third-order valence-electron chi connectivity index (χ3n) is 4.61. The van der Waals surface area contributed by atoms with Crippen LogP contribution in [0.5, 0.6) is 0 Å². The molecular formula is C20H27FN2O2. The van der Waals surface area contributed by atoms with Gasteiger partial charge in [-0.1, -0.05) is 12.1 Å². The van der Waals surface area contributed by atoms with Gasteiger partial charge in [0.25, 0.3) is 0 Å². The van der Waals surface area contributed by atoms with Crippen LogP contribution in [0.4, 0.5) is 4.39 Å². The van der Waals surface area contributed by atoms with Crippen LogP contribution in [-0.4, -0.2) is 27.6 Å².